The van der Waals surface area contributed by atoms with Crippen LogP contribution >= 0.6 is 11.3 Å². The fourth-order valence-corrected chi connectivity index (χ4v) is 27.0. The molecule has 1 aliphatic rings. The Bertz CT molecular complexity index is 694. The molecule has 0 aromatic carbocycles. The van der Waals surface area contributed by atoms with Gasteiger partial charge in [0.25, 0.3) is 0 Å². The number of fused-ring (bicyclic) bond motifs is 1. The first-order chi connectivity index (χ1) is 14.8. The summed E-state index contributed by atoms with van der Waals surface area (Å²) in [5.41, 5.74) is 2.00. The van der Waals surface area contributed by atoms with Crippen LogP contribution in [0.25, 0.3) is 0 Å². The third kappa shape index (κ3) is 7.10. The zero-order chi connectivity index (χ0) is 24.2. The molecule has 4 heteroatoms. The second-order valence-electron chi connectivity index (χ2n) is 13.0. The molecule has 0 saturated heterocycles. The van der Waals surface area contributed by atoms with Crippen molar-refractivity contribution in [1.29, 1.82) is 0 Å². The minimum absolute atomic E-state index is 0.265. The summed E-state index contributed by atoms with van der Waals surface area (Å²) in [5.74, 6) is 0. The molecule has 1 heterocycles. The third-order valence-corrected chi connectivity index (χ3v) is 32.3. The van der Waals surface area contributed by atoms with E-state index in [0.29, 0.717) is 11.5 Å². The summed E-state index contributed by atoms with van der Waals surface area (Å²) in [4.78, 5) is 1.63. The molecule has 1 aromatic rings. The molecule has 1 nitrogen and oxygen atoms in total. The Labute approximate surface area is 210 Å². The van der Waals surface area contributed by atoms with E-state index in [1.54, 1.807) is 23.8 Å². The zero-order valence-corrected chi connectivity index (χ0v) is 27.9. The van der Waals surface area contributed by atoms with E-state index >= 15 is 0 Å². The van der Waals surface area contributed by atoms with Gasteiger partial charge in [-0.3, -0.25) is 0 Å². The van der Waals surface area contributed by atoms with Crippen molar-refractivity contribution >= 4 is 40.9 Å². The summed E-state index contributed by atoms with van der Waals surface area (Å²) in [6.07, 6.45) is 11.1. The second-order valence-corrected chi connectivity index (χ2v) is 33.0. The van der Waals surface area contributed by atoms with E-state index in [1.807, 2.05) is 2.89 Å². The van der Waals surface area contributed by atoms with Gasteiger partial charge in [0.1, 0.15) is 0 Å². The second kappa shape index (κ2) is 11.6. The molecule has 1 aromatic heterocycles. The van der Waals surface area contributed by atoms with E-state index in [0.717, 1.165) is 0 Å². The Morgan fingerprint density at radius 1 is 1.00 bits per heavy atom. The molecule has 1 aliphatic carbocycles. The van der Waals surface area contributed by atoms with E-state index in [-0.39, 0.29) is 5.04 Å². The van der Waals surface area contributed by atoms with Gasteiger partial charge in [0, 0.05) is 0 Å². The quantitative estimate of drug-likeness (QED) is 0.222. The Kier molecular flexibility index (Phi) is 10.5. The summed E-state index contributed by atoms with van der Waals surface area (Å²) in [5, 5.41) is 0.265. The van der Waals surface area contributed by atoms with Crippen molar-refractivity contribution in [2.45, 2.75) is 144 Å². The van der Waals surface area contributed by atoms with Crippen molar-refractivity contribution in [1.82, 2.24) is 0 Å². The van der Waals surface area contributed by atoms with E-state index < -0.39 is 26.7 Å². The molecule has 1 atom stereocenters. The van der Waals surface area contributed by atoms with Crippen LogP contribution in [0.5, 0.6) is 0 Å². The fraction of sp³-hybridized carbons (Fsp3) is 0.857. The maximum absolute atomic E-state index is 7.15. The molecule has 1 unspecified atom stereocenters. The number of hydrogen-bond acceptors (Lipinski definition) is 2. The molecule has 2 rings (SSSR count). The van der Waals surface area contributed by atoms with Crippen LogP contribution in [-0.2, 0) is 10.8 Å². The van der Waals surface area contributed by atoms with Gasteiger partial charge >= 0.3 is 212 Å². The van der Waals surface area contributed by atoms with Crippen LogP contribution in [0.15, 0.2) is 6.07 Å². The van der Waals surface area contributed by atoms with Crippen LogP contribution < -0.4 is 2.89 Å². The first-order valence-corrected chi connectivity index (χ1v) is 24.8. The van der Waals surface area contributed by atoms with Crippen molar-refractivity contribution < 1.29 is 4.43 Å². The summed E-state index contributed by atoms with van der Waals surface area (Å²) in [6.45, 7) is 24.1. The Hall–Kier alpha value is 0.676. The molecule has 0 aliphatic heterocycles. The monoisotopic (exact) mass is 586 g/mol. The Balaban J connectivity index is 2.50. The van der Waals surface area contributed by atoms with Gasteiger partial charge in [-0.15, -0.1) is 0 Å². The Morgan fingerprint density at radius 2 is 1.50 bits per heavy atom. The van der Waals surface area contributed by atoms with Crippen molar-refractivity contribution in [2.75, 3.05) is 0 Å². The molecular weight excluding hydrogens is 531 g/mol. The fourth-order valence-electron chi connectivity index (χ4n) is 5.21. The topological polar surface area (TPSA) is 9.23 Å². The van der Waals surface area contributed by atoms with Crippen molar-refractivity contribution in [3.05, 3.63) is 16.5 Å². The van der Waals surface area contributed by atoms with Crippen molar-refractivity contribution in [2.24, 2.45) is 5.41 Å². The molecule has 0 spiro atoms. The molecule has 0 saturated carbocycles. The zero-order valence-electron chi connectivity index (χ0n) is 23.2. The molecule has 186 valence electrons. The van der Waals surface area contributed by atoms with Crippen LogP contribution in [-0.4, -0.2) is 26.7 Å². The molecule has 32 heavy (non-hydrogen) atoms. The number of rotatable bonds is 12. The summed E-state index contributed by atoms with van der Waals surface area (Å²) in [6, 6.07) is 2.75. The van der Waals surface area contributed by atoms with Gasteiger partial charge in [-0.25, -0.2) is 0 Å². The van der Waals surface area contributed by atoms with Crippen LogP contribution in [0, 0.1) is 5.41 Å². The first-order valence-electron chi connectivity index (χ1n) is 13.6. The van der Waals surface area contributed by atoms with Gasteiger partial charge in [-0.1, -0.05) is 0 Å². The molecule has 0 fully saturated rings. The van der Waals surface area contributed by atoms with E-state index in [2.05, 4.69) is 85.9 Å². The average Bonchev–Trinajstić information content (AvgIpc) is 3.10. The van der Waals surface area contributed by atoms with Crippen LogP contribution in [0.4, 0.5) is 0 Å². The van der Waals surface area contributed by atoms with Gasteiger partial charge in [0.2, 0.25) is 0 Å². The standard InChI is InChI=1S/C16H27OSSi.3C4H9.Sn/c1-15(2,3)19(6,7)17-13-11-16(4,5)10-12-8-9-18-14(12)13;3*1-3-4-2;/h8,13H,10-11H2,1-7H3;3*1,3-4H2,2H3;. The molecule has 0 amide bonds. The normalized spacial score (nSPS) is 19.2. The van der Waals surface area contributed by atoms with Crippen molar-refractivity contribution in [3.63, 3.8) is 0 Å². The maximum atomic E-state index is 7.15. The molecule has 0 N–H and O–H groups in total. The van der Waals surface area contributed by atoms with Crippen LogP contribution in [0.1, 0.15) is 117 Å². The predicted molar refractivity (Wildman–Crippen MR) is 152 cm³/mol. The number of unbranched alkanes of at least 4 members (excludes halogenated alkanes) is 3. The van der Waals surface area contributed by atoms with Gasteiger partial charge in [-0.2, -0.15) is 0 Å². The third-order valence-electron chi connectivity index (χ3n) is 8.33. The first kappa shape index (κ1) is 28.9. The number of hydrogen-bond donors (Lipinski definition) is 0. The predicted octanol–water partition coefficient (Wildman–Crippen LogP) is 9.84. The van der Waals surface area contributed by atoms with Crippen LogP contribution in [0.2, 0.25) is 31.4 Å². The minimum atomic E-state index is -2.38. The van der Waals surface area contributed by atoms with E-state index in [9.17, 15) is 0 Å². The summed E-state index contributed by atoms with van der Waals surface area (Å²) in [7, 11) is -1.80. The average molecular weight is 586 g/mol. The van der Waals surface area contributed by atoms with Gasteiger partial charge in [-0.05, 0) is 0 Å². The molecule has 0 bridgehead atoms. The van der Waals surface area contributed by atoms with E-state index in [4.69, 9.17) is 4.43 Å². The molecular formula is C28H54OSSiSn. The number of thiophene rings is 1. The summed E-state index contributed by atoms with van der Waals surface area (Å²) < 4.78 is 13.8. The molecule has 0 radical (unpaired) electrons. The van der Waals surface area contributed by atoms with E-state index in [1.165, 1.54) is 51.4 Å². The Morgan fingerprint density at radius 3 is 1.94 bits per heavy atom. The van der Waals surface area contributed by atoms with Gasteiger partial charge in [0.05, 0.1) is 0 Å². The summed E-state index contributed by atoms with van der Waals surface area (Å²) >= 11 is -0.140. The van der Waals surface area contributed by atoms with Gasteiger partial charge < -0.3 is 0 Å². The van der Waals surface area contributed by atoms with Crippen molar-refractivity contribution in [3.8, 4) is 0 Å². The van der Waals surface area contributed by atoms with Crippen LogP contribution in [0.3, 0.4) is 0 Å². The SMILES string of the molecule is CCC[CH2][Sn]([CH2]CCC)([CH2]CCC)[c]1cc2c(s1)C(O[Si](C)(C)C(C)(C)C)CC(C)(C)C2. The van der Waals surface area contributed by atoms with Gasteiger partial charge in [0.15, 0.2) is 0 Å².